The van der Waals surface area contributed by atoms with Crippen molar-refractivity contribution in [3.05, 3.63) is 0 Å². The van der Waals surface area contributed by atoms with Crippen LogP contribution in [0.5, 0.6) is 0 Å². The maximum absolute atomic E-state index is 11.3. The van der Waals surface area contributed by atoms with Gasteiger partial charge in [-0.05, 0) is 12.8 Å². The standard InChI is InChI=1S/C6H12BrNO4S2/c7-5-14(11,12)8-4-6-2-1-3-13(6,9)10/h6,8H,1-5H2. The maximum Gasteiger partial charge on any atom is 0.221 e. The molecular formula is C6H12BrNO4S2. The number of hydrogen-bond acceptors (Lipinski definition) is 4. The average molecular weight is 306 g/mol. The van der Waals surface area contributed by atoms with E-state index in [-0.39, 0.29) is 17.0 Å². The number of rotatable bonds is 4. The third kappa shape index (κ3) is 3.18. The second-order valence-electron chi connectivity index (χ2n) is 3.20. The first-order chi connectivity index (χ1) is 6.37. The van der Waals surface area contributed by atoms with Crippen molar-refractivity contribution in [3.63, 3.8) is 0 Å². The number of halogens is 1. The van der Waals surface area contributed by atoms with Gasteiger partial charge < -0.3 is 0 Å². The zero-order valence-electron chi connectivity index (χ0n) is 7.44. The Bertz CT molecular complexity index is 388. The molecule has 1 aliphatic rings. The van der Waals surface area contributed by atoms with E-state index in [2.05, 4.69) is 20.7 Å². The van der Waals surface area contributed by atoms with Gasteiger partial charge in [0.15, 0.2) is 9.84 Å². The van der Waals surface area contributed by atoms with Gasteiger partial charge in [-0.25, -0.2) is 21.6 Å². The monoisotopic (exact) mass is 305 g/mol. The van der Waals surface area contributed by atoms with Gasteiger partial charge in [0.2, 0.25) is 10.0 Å². The molecule has 1 saturated heterocycles. The van der Waals surface area contributed by atoms with E-state index in [1.807, 2.05) is 0 Å². The third-order valence-corrected chi connectivity index (χ3v) is 7.12. The summed E-state index contributed by atoms with van der Waals surface area (Å²) in [7, 11) is -6.41. The molecule has 0 amide bonds. The minimum atomic E-state index is -3.35. The van der Waals surface area contributed by atoms with Gasteiger partial charge in [-0.3, -0.25) is 0 Å². The summed E-state index contributed by atoms with van der Waals surface area (Å²) in [6.07, 6.45) is 1.18. The average Bonchev–Trinajstić information content (AvgIpc) is 2.42. The van der Waals surface area contributed by atoms with E-state index in [4.69, 9.17) is 0 Å². The molecule has 0 aromatic carbocycles. The van der Waals surface area contributed by atoms with Crippen LogP contribution >= 0.6 is 15.9 Å². The summed E-state index contributed by atoms with van der Waals surface area (Å²) >= 11 is 2.81. The van der Waals surface area contributed by atoms with Crippen molar-refractivity contribution in [1.29, 1.82) is 0 Å². The van der Waals surface area contributed by atoms with Crippen molar-refractivity contribution in [2.75, 3.05) is 17.0 Å². The molecule has 1 aliphatic heterocycles. The molecule has 0 aromatic rings. The van der Waals surface area contributed by atoms with Crippen LogP contribution in [-0.2, 0) is 19.9 Å². The Morgan fingerprint density at radius 3 is 2.50 bits per heavy atom. The number of alkyl halides is 1. The highest BCUT2D eigenvalue weighted by Gasteiger charge is 2.31. The largest absolute Gasteiger partial charge is 0.229 e. The van der Waals surface area contributed by atoms with Crippen LogP contribution in [0.2, 0.25) is 0 Å². The lowest BCUT2D eigenvalue weighted by Crippen LogP contribution is -2.34. The van der Waals surface area contributed by atoms with Crippen molar-refractivity contribution >= 4 is 35.8 Å². The van der Waals surface area contributed by atoms with Gasteiger partial charge >= 0.3 is 0 Å². The minimum absolute atomic E-state index is 0.00370. The van der Waals surface area contributed by atoms with Gasteiger partial charge in [0.25, 0.3) is 0 Å². The van der Waals surface area contributed by atoms with Crippen LogP contribution < -0.4 is 4.72 Å². The first-order valence-corrected chi connectivity index (χ1v) is 8.61. The highest BCUT2D eigenvalue weighted by atomic mass is 79.9. The van der Waals surface area contributed by atoms with E-state index in [0.29, 0.717) is 12.8 Å². The fourth-order valence-corrected chi connectivity index (χ4v) is 4.23. The van der Waals surface area contributed by atoms with Crippen LogP contribution in [0, 0.1) is 0 Å². The molecule has 8 heteroatoms. The maximum atomic E-state index is 11.3. The molecule has 14 heavy (non-hydrogen) atoms. The molecular weight excluding hydrogens is 294 g/mol. The normalized spacial score (nSPS) is 26.5. The summed E-state index contributed by atoms with van der Waals surface area (Å²) in [5.41, 5.74) is 0. The second kappa shape index (κ2) is 4.46. The molecule has 84 valence electrons. The van der Waals surface area contributed by atoms with Crippen molar-refractivity contribution in [2.45, 2.75) is 18.1 Å². The Hall–Kier alpha value is 0.340. The van der Waals surface area contributed by atoms with E-state index in [1.165, 1.54) is 0 Å². The van der Waals surface area contributed by atoms with E-state index in [0.717, 1.165) is 0 Å². The van der Waals surface area contributed by atoms with Gasteiger partial charge in [0.05, 0.1) is 11.0 Å². The lowest BCUT2D eigenvalue weighted by atomic mass is 10.2. The first kappa shape index (κ1) is 12.4. The third-order valence-electron chi connectivity index (χ3n) is 2.14. The van der Waals surface area contributed by atoms with Gasteiger partial charge in [-0.2, -0.15) is 0 Å². The molecule has 0 spiro atoms. The Balaban J connectivity index is 2.55. The summed E-state index contributed by atoms with van der Waals surface area (Å²) in [6, 6.07) is 0. The fraction of sp³-hybridized carbons (Fsp3) is 1.00. The molecule has 1 atom stereocenters. The summed E-state index contributed by atoms with van der Waals surface area (Å²) in [4.78, 5) is 0. The van der Waals surface area contributed by atoms with Crippen molar-refractivity contribution < 1.29 is 16.8 Å². The molecule has 0 aliphatic carbocycles. The first-order valence-electron chi connectivity index (χ1n) is 4.12. The quantitative estimate of drug-likeness (QED) is 0.732. The SMILES string of the molecule is O=S(=O)(CBr)NCC1CCCS1(=O)=O. The molecule has 0 radical (unpaired) electrons. The Labute approximate surface area is 92.4 Å². The van der Waals surface area contributed by atoms with E-state index < -0.39 is 25.1 Å². The zero-order valence-corrected chi connectivity index (χ0v) is 10.7. The van der Waals surface area contributed by atoms with Crippen LogP contribution in [-0.4, -0.2) is 39.0 Å². The zero-order chi connectivity index (χ0) is 10.8. The van der Waals surface area contributed by atoms with Crippen LogP contribution in [0.3, 0.4) is 0 Å². The molecule has 5 nitrogen and oxygen atoms in total. The highest BCUT2D eigenvalue weighted by Crippen LogP contribution is 2.19. The topological polar surface area (TPSA) is 80.3 Å². The van der Waals surface area contributed by atoms with Crippen LogP contribution in [0.4, 0.5) is 0 Å². The van der Waals surface area contributed by atoms with Gasteiger partial charge in [-0.15, -0.1) is 0 Å². The number of sulfonamides is 1. The predicted octanol–water partition coefficient (Wildman–Crippen LogP) is -0.165. The molecule has 1 N–H and O–H groups in total. The van der Waals surface area contributed by atoms with Crippen LogP contribution in [0.15, 0.2) is 0 Å². The van der Waals surface area contributed by atoms with Crippen LogP contribution in [0.1, 0.15) is 12.8 Å². The van der Waals surface area contributed by atoms with E-state index in [9.17, 15) is 16.8 Å². The van der Waals surface area contributed by atoms with Crippen molar-refractivity contribution in [1.82, 2.24) is 4.72 Å². The molecule has 1 fully saturated rings. The molecule has 0 aromatic heterocycles. The Morgan fingerprint density at radius 1 is 1.43 bits per heavy atom. The molecule has 1 unspecified atom stereocenters. The van der Waals surface area contributed by atoms with Gasteiger partial charge in [0, 0.05) is 6.54 Å². The van der Waals surface area contributed by atoms with Crippen molar-refractivity contribution in [3.8, 4) is 0 Å². The van der Waals surface area contributed by atoms with E-state index in [1.54, 1.807) is 0 Å². The minimum Gasteiger partial charge on any atom is -0.229 e. The summed E-state index contributed by atoms with van der Waals surface area (Å²) in [6.45, 7) is -0.00370. The van der Waals surface area contributed by atoms with Gasteiger partial charge in [-0.1, -0.05) is 15.9 Å². The second-order valence-corrected chi connectivity index (χ2v) is 8.71. The molecule has 1 rings (SSSR count). The summed E-state index contributed by atoms with van der Waals surface area (Å²) in [5.74, 6) is 0.174. The van der Waals surface area contributed by atoms with Gasteiger partial charge in [0.1, 0.15) is 4.66 Å². The molecule has 0 saturated carbocycles. The Morgan fingerprint density at radius 2 is 2.07 bits per heavy atom. The summed E-state index contributed by atoms with van der Waals surface area (Å²) < 4.78 is 46.7. The number of nitrogens with one attached hydrogen (secondary N) is 1. The lowest BCUT2D eigenvalue weighted by molar-refractivity contribution is 0.574. The van der Waals surface area contributed by atoms with Crippen molar-refractivity contribution in [2.24, 2.45) is 0 Å². The summed E-state index contributed by atoms with van der Waals surface area (Å²) in [5, 5.41) is -0.545. The molecule has 0 bridgehead atoms. The predicted molar refractivity (Wildman–Crippen MR) is 57.5 cm³/mol. The molecule has 1 heterocycles. The highest BCUT2D eigenvalue weighted by molar-refractivity contribution is 9.10. The lowest BCUT2D eigenvalue weighted by Gasteiger charge is -2.09. The smallest absolute Gasteiger partial charge is 0.221 e. The Kier molecular flexibility index (Phi) is 3.95. The fourth-order valence-electron chi connectivity index (χ4n) is 1.35. The van der Waals surface area contributed by atoms with E-state index >= 15 is 0 Å². The number of sulfone groups is 1. The van der Waals surface area contributed by atoms with Crippen LogP contribution in [0.25, 0.3) is 0 Å². The number of hydrogen-bond donors (Lipinski definition) is 1.